The molecule has 5 nitrogen and oxygen atoms in total. The van der Waals surface area contributed by atoms with E-state index in [9.17, 15) is 4.79 Å². The summed E-state index contributed by atoms with van der Waals surface area (Å²) >= 11 is 1.37. The van der Waals surface area contributed by atoms with E-state index >= 15 is 0 Å². The van der Waals surface area contributed by atoms with Gasteiger partial charge in [0.1, 0.15) is 0 Å². The molecule has 6 heteroatoms. The van der Waals surface area contributed by atoms with Gasteiger partial charge in [0, 0.05) is 0 Å². The van der Waals surface area contributed by atoms with Gasteiger partial charge in [-0.2, -0.15) is 0 Å². The summed E-state index contributed by atoms with van der Waals surface area (Å²) in [4.78, 5) is 17.3. The molecule has 0 unspecified atom stereocenters. The molecule has 0 saturated heterocycles. The minimum atomic E-state index is -0.104. The van der Waals surface area contributed by atoms with Crippen molar-refractivity contribution in [1.82, 2.24) is 14.9 Å². The van der Waals surface area contributed by atoms with Crippen molar-refractivity contribution >= 4 is 9.81 Å². The molecule has 0 bridgehead atoms. The number of fused-ring (bicyclic) bond motifs is 2. The quantitative estimate of drug-likeness (QED) is 0.605. The molecule has 1 aliphatic heterocycles. The van der Waals surface area contributed by atoms with Gasteiger partial charge in [-0.1, -0.05) is 0 Å². The summed E-state index contributed by atoms with van der Waals surface area (Å²) in [5.41, 5.74) is 1.75. The number of imidazole rings is 1. The monoisotopic (exact) mass is 561 g/mol. The van der Waals surface area contributed by atoms with Crippen LogP contribution >= 0.6 is 0 Å². The van der Waals surface area contributed by atoms with Gasteiger partial charge in [-0.3, -0.25) is 0 Å². The van der Waals surface area contributed by atoms with Crippen LogP contribution in [-0.2, 0) is 32.3 Å². The molecule has 3 rings (SSSR count). The molecule has 0 radical (unpaired) electrons. The molecule has 1 amide bonds. The zero-order valence-corrected chi connectivity index (χ0v) is 19.9. The number of nitrogens with one attached hydrogen (secondary N) is 1. The first-order chi connectivity index (χ1) is 14.0. The number of benzene rings is 1. The number of hydrogen-bond acceptors (Lipinski definition) is 3. The molecule has 152 valence electrons. The zero-order valence-electron chi connectivity index (χ0n) is 16.9. The molecule has 0 atom stereocenters. The van der Waals surface area contributed by atoms with Crippen molar-refractivity contribution in [3.63, 3.8) is 0 Å². The van der Waals surface area contributed by atoms with Gasteiger partial charge in [0.15, 0.2) is 0 Å². The van der Waals surface area contributed by atoms with Crippen LogP contribution in [-0.4, -0.2) is 25.5 Å². The first kappa shape index (κ1) is 21.4. The maximum atomic E-state index is 12.8. The van der Waals surface area contributed by atoms with E-state index in [-0.39, 0.29) is 12.0 Å². The van der Waals surface area contributed by atoms with E-state index in [1.807, 2.05) is 56.5 Å². The van der Waals surface area contributed by atoms with Crippen molar-refractivity contribution < 1.29 is 28.9 Å². The van der Waals surface area contributed by atoms with Crippen molar-refractivity contribution in [2.75, 3.05) is 0 Å². The van der Waals surface area contributed by atoms with Gasteiger partial charge >= 0.3 is 170 Å². The van der Waals surface area contributed by atoms with Gasteiger partial charge in [-0.05, 0) is 13.8 Å². The Bertz CT molecular complexity index is 928. The second-order valence-electron chi connectivity index (χ2n) is 7.30. The summed E-state index contributed by atoms with van der Waals surface area (Å²) in [7, 11) is 0. The number of aryl methyl sites for hydroxylation is 2. The van der Waals surface area contributed by atoms with Gasteiger partial charge in [-0.25, -0.2) is 0 Å². The number of nitrogens with zero attached hydrogens (tertiary/aromatic N) is 2. The van der Waals surface area contributed by atoms with Crippen molar-refractivity contribution in [2.24, 2.45) is 0 Å². The van der Waals surface area contributed by atoms with E-state index < -0.39 is 0 Å². The van der Waals surface area contributed by atoms with Crippen LogP contribution in [0.4, 0.5) is 0 Å². The molecule has 2 heterocycles. The average molecular weight is 561 g/mol. The molecular weight excluding hydrogens is 534 g/mol. The Morgan fingerprint density at radius 2 is 2.07 bits per heavy atom. The molecule has 0 spiro atoms. The summed E-state index contributed by atoms with van der Waals surface area (Å²) in [5.74, 6) is 1.66. The van der Waals surface area contributed by atoms with Gasteiger partial charge in [0.05, 0.1) is 0 Å². The molecule has 29 heavy (non-hydrogen) atoms. The Kier molecular flexibility index (Phi) is 7.76. The maximum absolute atomic E-state index is 12.8. The molecular formula is C23H27N3O2W. The standard InChI is InChI=1S/C23H27N3O2.W/c1-18(2)28-20-12-11-19-9-5-4-8-15-26-16-14-24-22(26)10-6-3-7-13-25-23(27)21(19)17-20;/h3,6-7,11-14,16-18H,4-5,8-9,15H2,1-2H3,(H,25,27);. The third-order valence-electron chi connectivity index (χ3n) is 4.65. The van der Waals surface area contributed by atoms with Gasteiger partial charge in [0.2, 0.25) is 0 Å². The number of carbonyl (C=O) groups is 1. The number of hydrogen-bond donors (Lipinski definition) is 1. The first-order valence-electron chi connectivity index (χ1n) is 10.0. The van der Waals surface area contributed by atoms with Crippen molar-refractivity contribution in [2.45, 2.75) is 52.2 Å². The fourth-order valence-electron chi connectivity index (χ4n) is 3.29. The van der Waals surface area contributed by atoms with Gasteiger partial charge in [-0.15, -0.1) is 0 Å². The molecule has 1 aromatic heterocycles. The second kappa shape index (κ2) is 10.5. The number of allylic oxidation sites excluding steroid dienone is 3. The molecule has 0 saturated carbocycles. The topological polar surface area (TPSA) is 56.1 Å². The van der Waals surface area contributed by atoms with Crippen molar-refractivity contribution in [1.29, 1.82) is 0 Å². The number of aromatic nitrogens is 2. The van der Waals surface area contributed by atoms with Gasteiger partial charge < -0.3 is 0 Å². The summed E-state index contributed by atoms with van der Waals surface area (Å²) in [6.07, 6.45) is 15.6. The van der Waals surface area contributed by atoms with Crippen molar-refractivity contribution in [3.8, 4) is 5.75 Å². The number of rotatable bonds is 2. The van der Waals surface area contributed by atoms with Crippen LogP contribution in [0.5, 0.6) is 5.75 Å². The summed E-state index contributed by atoms with van der Waals surface area (Å²) in [6, 6.07) is 5.84. The molecule has 1 aromatic carbocycles. The Morgan fingerprint density at radius 3 is 2.90 bits per heavy atom. The Hall–Kier alpha value is -2.26. The third kappa shape index (κ3) is 6.11. The summed E-state index contributed by atoms with van der Waals surface area (Å²) in [6.45, 7) is 4.93. The third-order valence-corrected chi connectivity index (χ3v) is 5.79. The predicted molar refractivity (Wildman–Crippen MR) is 112 cm³/mol. The predicted octanol–water partition coefficient (Wildman–Crippen LogP) is 3.96. The van der Waals surface area contributed by atoms with Crippen molar-refractivity contribution in [3.05, 3.63) is 72.0 Å². The SMILES string of the molecule is CC(C)Oc1ccc2c(c1)C(=O)NC=CC=C[C](=[W])c1nccn1CCCCC2. The van der Waals surface area contributed by atoms with Crippen LogP contribution in [0.25, 0.3) is 0 Å². The zero-order chi connectivity index (χ0) is 20.6. The van der Waals surface area contributed by atoms with Crippen LogP contribution < -0.4 is 10.1 Å². The normalized spacial score (nSPS) is 15.7. The van der Waals surface area contributed by atoms with E-state index in [1.165, 1.54) is 23.3 Å². The van der Waals surface area contributed by atoms with Crippen LogP contribution in [0.3, 0.4) is 0 Å². The average Bonchev–Trinajstić information content (AvgIpc) is 3.15. The van der Waals surface area contributed by atoms with E-state index in [2.05, 4.69) is 21.1 Å². The Balaban J connectivity index is 1.82. The Morgan fingerprint density at radius 1 is 1.21 bits per heavy atom. The van der Waals surface area contributed by atoms with E-state index in [4.69, 9.17) is 4.74 Å². The number of carbonyl (C=O) groups excluding carboxylic acids is 1. The summed E-state index contributed by atoms with van der Waals surface area (Å²) in [5, 5.41) is 2.88. The van der Waals surface area contributed by atoms with Gasteiger partial charge in [0.25, 0.3) is 0 Å². The van der Waals surface area contributed by atoms with E-state index in [0.717, 1.165) is 49.4 Å². The first-order valence-corrected chi connectivity index (χ1v) is 11.5. The fraction of sp³-hybridized carbons (Fsp3) is 0.348. The fourth-order valence-corrected chi connectivity index (χ4v) is 4.19. The molecule has 2 aromatic rings. The second-order valence-corrected chi connectivity index (χ2v) is 8.88. The van der Waals surface area contributed by atoms with Crippen LogP contribution in [0.15, 0.2) is 55.0 Å². The van der Waals surface area contributed by atoms with E-state index in [0.29, 0.717) is 5.56 Å². The van der Waals surface area contributed by atoms with Crippen LogP contribution in [0.1, 0.15) is 54.9 Å². The Labute approximate surface area is 183 Å². The molecule has 0 fully saturated rings. The van der Waals surface area contributed by atoms with Crippen LogP contribution in [0.2, 0.25) is 0 Å². The molecule has 1 N–H and O–H groups in total. The minimum absolute atomic E-state index is 0.0713. The molecule has 0 aliphatic carbocycles. The van der Waals surface area contributed by atoms with Crippen LogP contribution in [0, 0.1) is 0 Å². The van der Waals surface area contributed by atoms with E-state index in [1.54, 1.807) is 6.20 Å². The summed E-state index contributed by atoms with van der Waals surface area (Å²) < 4.78 is 9.20. The molecule has 1 aliphatic rings. The number of amides is 1. The number of ether oxygens (including phenoxy) is 1.